The molecule has 3 amide bonds. The zero-order valence-electron chi connectivity index (χ0n) is 12.4. The number of anilines is 1. The molecule has 122 valence electrons. The third-order valence-electron chi connectivity index (χ3n) is 4.44. The van der Waals surface area contributed by atoms with Crippen LogP contribution in [0.4, 0.5) is 10.1 Å². The van der Waals surface area contributed by atoms with Crippen LogP contribution in [0.25, 0.3) is 0 Å². The molecule has 0 radical (unpaired) electrons. The maximum absolute atomic E-state index is 13.6. The molecule has 2 fully saturated rings. The molecule has 1 aromatic carbocycles. The molecular formula is C16H16ClFN2O3. The second-order valence-electron chi connectivity index (χ2n) is 5.93. The lowest BCUT2D eigenvalue weighted by molar-refractivity contribution is -0.142. The van der Waals surface area contributed by atoms with Crippen LogP contribution in [-0.4, -0.2) is 29.2 Å². The highest BCUT2D eigenvalue weighted by Gasteiger charge is 2.48. The van der Waals surface area contributed by atoms with Crippen molar-refractivity contribution >= 4 is 35.0 Å². The van der Waals surface area contributed by atoms with Gasteiger partial charge in [0.1, 0.15) is 12.4 Å². The van der Waals surface area contributed by atoms with E-state index in [4.69, 9.17) is 11.6 Å². The first-order chi connectivity index (χ1) is 11.0. The molecular weight excluding hydrogens is 323 g/mol. The molecule has 0 spiro atoms. The molecule has 7 heteroatoms. The van der Waals surface area contributed by atoms with Crippen LogP contribution in [0.5, 0.6) is 0 Å². The van der Waals surface area contributed by atoms with Crippen molar-refractivity contribution in [2.75, 3.05) is 11.9 Å². The van der Waals surface area contributed by atoms with Crippen molar-refractivity contribution in [1.82, 2.24) is 4.90 Å². The van der Waals surface area contributed by atoms with Crippen LogP contribution in [0.2, 0.25) is 5.02 Å². The second kappa shape index (κ2) is 6.28. The van der Waals surface area contributed by atoms with Crippen molar-refractivity contribution in [2.45, 2.75) is 25.7 Å². The van der Waals surface area contributed by atoms with Gasteiger partial charge in [0.15, 0.2) is 0 Å². The molecule has 1 aliphatic carbocycles. The molecule has 2 aliphatic rings. The van der Waals surface area contributed by atoms with E-state index in [-0.39, 0.29) is 34.4 Å². The quantitative estimate of drug-likeness (QED) is 0.861. The fourth-order valence-electron chi connectivity index (χ4n) is 3.31. The highest BCUT2D eigenvalue weighted by atomic mass is 35.5. The molecule has 1 N–H and O–H groups in total. The van der Waals surface area contributed by atoms with Gasteiger partial charge in [-0.15, -0.1) is 0 Å². The number of benzene rings is 1. The van der Waals surface area contributed by atoms with Crippen LogP contribution in [-0.2, 0) is 14.4 Å². The largest absolute Gasteiger partial charge is 0.322 e. The Labute approximate surface area is 137 Å². The van der Waals surface area contributed by atoms with Crippen LogP contribution in [0.1, 0.15) is 25.7 Å². The number of nitrogens with one attached hydrogen (secondary N) is 1. The van der Waals surface area contributed by atoms with Gasteiger partial charge in [0.2, 0.25) is 17.7 Å². The Bertz CT molecular complexity index is 655. The predicted octanol–water partition coefficient (Wildman–Crippen LogP) is 2.59. The number of carbonyl (C=O) groups is 3. The molecule has 5 nitrogen and oxygen atoms in total. The lowest BCUT2D eigenvalue weighted by atomic mass is 9.81. The molecule has 0 unspecified atom stereocenters. The number of hydrogen-bond acceptors (Lipinski definition) is 3. The monoisotopic (exact) mass is 338 g/mol. The van der Waals surface area contributed by atoms with Crippen molar-refractivity contribution in [3.63, 3.8) is 0 Å². The first kappa shape index (κ1) is 15.9. The van der Waals surface area contributed by atoms with Crippen molar-refractivity contribution in [3.05, 3.63) is 29.0 Å². The molecule has 1 aromatic rings. The molecule has 23 heavy (non-hydrogen) atoms. The fourth-order valence-corrected chi connectivity index (χ4v) is 3.49. The van der Waals surface area contributed by atoms with Crippen LogP contribution in [0.3, 0.4) is 0 Å². The first-order valence-electron chi connectivity index (χ1n) is 7.57. The van der Waals surface area contributed by atoms with Crippen LogP contribution in [0, 0.1) is 17.7 Å². The van der Waals surface area contributed by atoms with Crippen molar-refractivity contribution in [2.24, 2.45) is 11.8 Å². The van der Waals surface area contributed by atoms with Gasteiger partial charge in [0.25, 0.3) is 0 Å². The van der Waals surface area contributed by atoms with E-state index in [0.29, 0.717) is 12.8 Å². The summed E-state index contributed by atoms with van der Waals surface area (Å²) in [5.41, 5.74) is -0.0704. The van der Waals surface area contributed by atoms with Gasteiger partial charge in [-0.3, -0.25) is 19.3 Å². The number of fused-ring (bicyclic) bond motifs is 1. The Morgan fingerprint density at radius 3 is 2.43 bits per heavy atom. The predicted molar refractivity (Wildman–Crippen MR) is 82.2 cm³/mol. The Morgan fingerprint density at radius 2 is 1.83 bits per heavy atom. The summed E-state index contributed by atoms with van der Waals surface area (Å²) >= 11 is 5.76. The summed E-state index contributed by atoms with van der Waals surface area (Å²) in [4.78, 5) is 37.6. The summed E-state index contributed by atoms with van der Waals surface area (Å²) in [6.07, 6.45) is 3.23. The SMILES string of the molecule is O=C(CN1C(=O)[C@@H]2CCCC[C@H]2C1=O)Nc1cc(Cl)ccc1F. The van der Waals surface area contributed by atoms with Gasteiger partial charge in [0.05, 0.1) is 17.5 Å². The number of nitrogens with zero attached hydrogens (tertiary/aromatic N) is 1. The lowest BCUT2D eigenvalue weighted by Crippen LogP contribution is -2.38. The van der Waals surface area contributed by atoms with Gasteiger partial charge in [-0.2, -0.15) is 0 Å². The molecule has 3 rings (SSSR count). The minimum atomic E-state index is -0.629. The summed E-state index contributed by atoms with van der Waals surface area (Å²) in [6.45, 7) is -0.392. The molecule has 1 aliphatic heterocycles. The number of carbonyl (C=O) groups excluding carboxylic acids is 3. The number of amides is 3. The maximum atomic E-state index is 13.6. The Balaban J connectivity index is 1.69. The van der Waals surface area contributed by atoms with Crippen molar-refractivity contribution < 1.29 is 18.8 Å². The Kier molecular flexibility index (Phi) is 4.35. The molecule has 0 aromatic heterocycles. The van der Waals surface area contributed by atoms with Crippen molar-refractivity contribution in [1.29, 1.82) is 0 Å². The number of likely N-dealkylation sites (tertiary alicyclic amines) is 1. The van der Waals surface area contributed by atoms with Crippen molar-refractivity contribution in [3.8, 4) is 0 Å². The van der Waals surface area contributed by atoms with Gasteiger partial charge in [-0.25, -0.2) is 4.39 Å². The standard InChI is InChI=1S/C16H16ClFN2O3/c17-9-5-6-12(18)13(7-9)19-14(21)8-20-15(22)10-3-1-2-4-11(10)16(20)23/h5-7,10-11H,1-4,8H2,(H,19,21)/t10-,11-/m1/s1. The Hall–Kier alpha value is -1.95. The smallest absolute Gasteiger partial charge is 0.244 e. The highest BCUT2D eigenvalue weighted by Crippen LogP contribution is 2.37. The fraction of sp³-hybridized carbons (Fsp3) is 0.438. The summed E-state index contributed by atoms with van der Waals surface area (Å²) in [6, 6.07) is 3.78. The minimum Gasteiger partial charge on any atom is -0.322 e. The second-order valence-corrected chi connectivity index (χ2v) is 6.37. The van der Waals surface area contributed by atoms with E-state index < -0.39 is 18.3 Å². The summed E-state index contributed by atoms with van der Waals surface area (Å²) in [7, 11) is 0. The molecule has 1 saturated carbocycles. The topological polar surface area (TPSA) is 66.5 Å². The maximum Gasteiger partial charge on any atom is 0.244 e. The zero-order valence-corrected chi connectivity index (χ0v) is 13.1. The third-order valence-corrected chi connectivity index (χ3v) is 4.67. The Morgan fingerprint density at radius 1 is 1.22 bits per heavy atom. The molecule has 1 saturated heterocycles. The van der Waals surface area contributed by atoms with Gasteiger partial charge in [-0.1, -0.05) is 24.4 Å². The summed E-state index contributed by atoms with van der Waals surface area (Å²) < 4.78 is 13.6. The van der Waals surface area contributed by atoms with Gasteiger partial charge in [0, 0.05) is 5.02 Å². The first-order valence-corrected chi connectivity index (χ1v) is 7.95. The number of hydrogen-bond donors (Lipinski definition) is 1. The summed E-state index contributed by atoms with van der Waals surface area (Å²) in [5.74, 6) is -2.43. The lowest BCUT2D eigenvalue weighted by Gasteiger charge is -2.19. The minimum absolute atomic E-state index is 0.0704. The zero-order chi connectivity index (χ0) is 16.6. The van der Waals surface area contributed by atoms with Crippen LogP contribution >= 0.6 is 11.6 Å². The van der Waals surface area contributed by atoms with E-state index in [1.807, 2.05) is 0 Å². The van der Waals surface area contributed by atoms with E-state index in [9.17, 15) is 18.8 Å². The van der Waals surface area contributed by atoms with E-state index in [1.165, 1.54) is 12.1 Å². The van der Waals surface area contributed by atoms with Crippen LogP contribution in [0.15, 0.2) is 18.2 Å². The normalized spacial score (nSPS) is 23.8. The molecule has 1 heterocycles. The van der Waals surface area contributed by atoms with E-state index in [0.717, 1.165) is 23.8 Å². The number of imide groups is 1. The van der Waals surface area contributed by atoms with E-state index in [1.54, 1.807) is 0 Å². The number of rotatable bonds is 3. The molecule has 0 bridgehead atoms. The number of halogens is 2. The third kappa shape index (κ3) is 3.08. The van der Waals surface area contributed by atoms with E-state index >= 15 is 0 Å². The average molecular weight is 339 g/mol. The highest BCUT2D eigenvalue weighted by molar-refractivity contribution is 6.30. The van der Waals surface area contributed by atoms with Gasteiger partial charge >= 0.3 is 0 Å². The average Bonchev–Trinajstić information content (AvgIpc) is 2.76. The van der Waals surface area contributed by atoms with Gasteiger partial charge in [-0.05, 0) is 31.0 Å². The van der Waals surface area contributed by atoms with Gasteiger partial charge < -0.3 is 5.32 Å². The van der Waals surface area contributed by atoms with E-state index in [2.05, 4.69) is 5.32 Å². The van der Waals surface area contributed by atoms with Crippen LogP contribution < -0.4 is 5.32 Å². The summed E-state index contributed by atoms with van der Waals surface area (Å²) in [5, 5.41) is 2.63. The molecule has 2 atom stereocenters.